The van der Waals surface area contributed by atoms with E-state index >= 15 is 0 Å². The van der Waals surface area contributed by atoms with Gasteiger partial charge in [-0.25, -0.2) is 0 Å². The van der Waals surface area contributed by atoms with Crippen LogP contribution in [-0.2, 0) is 6.54 Å². The third-order valence-corrected chi connectivity index (χ3v) is 4.46. The minimum absolute atomic E-state index is 0.264. The molecule has 1 aromatic rings. The van der Waals surface area contributed by atoms with Gasteiger partial charge in [0.25, 0.3) is 0 Å². The fourth-order valence-electron chi connectivity index (χ4n) is 3.10. The number of aromatic nitrogens is 2. The van der Waals surface area contributed by atoms with Crippen molar-refractivity contribution in [2.75, 3.05) is 39.3 Å². The van der Waals surface area contributed by atoms with E-state index in [0.29, 0.717) is 6.04 Å². The van der Waals surface area contributed by atoms with Crippen molar-refractivity contribution in [2.45, 2.75) is 45.7 Å². The molecule has 0 bridgehead atoms. The second-order valence-electron chi connectivity index (χ2n) is 5.95. The second-order valence-corrected chi connectivity index (χ2v) is 5.95. The van der Waals surface area contributed by atoms with Crippen molar-refractivity contribution in [2.24, 2.45) is 0 Å². The van der Waals surface area contributed by atoms with Gasteiger partial charge in [0.05, 0.1) is 18.3 Å². The second kappa shape index (κ2) is 8.51. The molecule has 0 spiro atoms. The molecule has 0 saturated carbocycles. The van der Waals surface area contributed by atoms with Crippen molar-refractivity contribution in [3.63, 3.8) is 0 Å². The summed E-state index contributed by atoms with van der Waals surface area (Å²) < 4.78 is 2.13. The Morgan fingerprint density at radius 1 is 1.14 bits per heavy atom. The molecule has 0 radical (unpaired) electrons. The average molecular weight is 294 g/mol. The molecule has 1 N–H and O–H groups in total. The molecule has 2 heterocycles. The van der Waals surface area contributed by atoms with E-state index in [0.717, 1.165) is 52.1 Å². The summed E-state index contributed by atoms with van der Waals surface area (Å²) >= 11 is 0. The number of aliphatic hydroxyl groups is 1. The standard InChI is InChI=1S/C16H30N4O/c1-3-16(4-2)20-9-6-15(17-20)14-19-8-5-7-18(10-11-19)12-13-21/h6,9,16,21H,3-5,7-8,10-14H2,1-2H3. The highest BCUT2D eigenvalue weighted by Crippen LogP contribution is 2.15. The molecule has 5 nitrogen and oxygen atoms in total. The Bertz CT molecular complexity index is 403. The fourth-order valence-corrected chi connectivity index (χ4v) is 3.10. The van der Waals surface area contributed by atoms with Gasteiger partial charge in [-0.05, 0) is 38.4 Å². The highest BCUT2D eigenvalue weighted by atomic mass is 16.3. The van der Waals surface area contributed by atoms with E-state index in [4.69, 9.17) is 10.2 Å². The van der Waals surface area contributed by atoms with E-state index < -0.39 is 0 Å². The summed E-state index contributed by atoms with van der Waals surface area (Å²) in [5, 5.41) is 13.8. The van der Waals surface area contributed by atoms with Crippen molar-refractivity contribution < 1.29 is 5.11 Å². The zero-order valence-electron chi connectivity index (χ0n) is 13.5. The van der Waals surface area contributed by atoms with Gasteiger partial charge in [0.2, 0.25) is 0 Å². The van der Waals surface area contributed by atoms with Gasteiger partial charge in [-0.3, -0.25) is 14.5 Å². The number of β-amino-alcohol motifs (C(OH)–C–C–N with tert-alkyl or cyclic N) is 1. The lowest BCUT2D eigenvalue weighted by Crippen LogP contribution is -2.32. The predicted molar refractivity (Wildman–Crippen MR) is 85.3 cm³/mol. The minimum atomic E-state index is 0.264. The molecule has 120 valence electrons. The van der Waals surface area contributed by atoms with E-state index in [1.165, 1.54) is 12.1 Å². The molecule has 1 aliphatic heterocycles. The Morgan fingerprint density at radius 3 is 2.57 bits per heavy atom. The quantitative estimate of drug-likeness (QED) is 0.832. The molecule has 0 aliphatic carbocycles. The zero-order valence-corrected chi connectivity index (χ0v) is 13.5. The maximum absolute atomic E-state index is 9.04. The van der Waals surface area contributed by atoms with Crippen LogP contribution in [0.15, 0.2) is 12.3 Å². The van der Waals surface area contributed by atoms with E-state index in [-0.39, 0.29) is 6.61 Å². The van der Waals surface area contributed by atoms with Crippen molar-refractivity contribution in [1.29, 1.82) is 0 Å². The van der Waals surface area contributed by atoms with Crippen molar-refractivity contribution >= 4 is 0 Å². The summed E-state index contributed by atoms with van der Waals surface area (Å²) in [6.45, 7) is 10.8. The molecule has 1 aliphatic rings. The highest BCUT2D eigenvalue weighted by molar-refractivity contribution is 5.00. The lowest BCUT2D eigenvalue weighted by molar-refractivity contribution is 0.195. The monoisotopic (exact) mass is 294 g/mol. The van der Waals surface area contributed by atoms with Gasteiger partial charge >= 0.3 is 0 Å². The van der Waals surface area contributed by atoms with Crippen LogP contribution in [0.4, 0.5) is 0 Å². The number of hydrogen-bond donors (Lipinski definition) is 1. The third-order valence-electron chi connectivity index (χ3n) is 4.46. The summed E-state index contributed by atoms with van der Waals surface area (Å²) in [6, 6.07) is 2.69. The first-order valence-electron chi connectivity index (χ1n) is 8.36. The van der Waals surface area contributed by atoms with Gasteiger partial charge in [0, 0.05) is 32.4 Å². The Hall–Kier alpha value is -0.910. The van der Waals surface area contributed by atoms with E-state index in [1.54, 1.807) is 0 Å². The van der Waals surface area contributed by atoms with Crippen molar-refractivity contribution in [1.82, 2.24) is 19.6 Å². The lowest BCUT2D eigenvalue weighted by atomic mass is 10.2. The van der Waals surface area contributed by atoms with Crippen LogP contribution in [0.3, 0.4) is 0 Å². The fraction of sp³-hybridized carbons (Fsp3) is 0.812. The molecule has 1 saturated heterocycles. The first kappa shape index (κ1) is 16.5. The van der Waals surface area contributed by atoms with Crippen molar-refractivity contribution in [3.8, 4) is 0 Å². The van der Waals surface area contributed by atoms with Crippen LogP contribution in [0.1, 0.15) is 44.8 Å². The largest absolute Gasteiger partial charge is 0.395 e. The van der Waals surface area contributed by atoms with Gasteiger partial charge in [0.15, 0.2) is 0 Å². The van der Waals surface area contributed by atoms with E-state index in [9.17, 15) is 0 Å². The summed E-state index contributed by atoms with van der Waals surface area (Å²) in [7, 11) is 0. The summed E-state index contributed by atoms with van der Waals surface area (Å²) in [4.78, 5) is 4.83. The van der Waals surface area contributed by atoms with Crippen LogP contribution >= 0.6 is 0 Å². The summed E-state index contributed by atoms with van der Waals surface area (Å²) in [6.07, 6.45) is 5.57. The Kier molecular flexibility index (Phi) is 6.67. The number of hydrogen-bond acceptors (Lipinski definition) is 4. The molecule has 2 rings (SSSR count). The first-order chi connectivity index (χ1) is 10.3. The number of nitrogens with zero attached hydrogens (tertiary/aromatic N) is 4. The first-order valence-corrected chi connectivity index (χ1v) is 8.36. The van der Waals surface area contributed by atoms with E-state index in [2.05, 4.69) is 40.6 Å². The van der Waals surface area contributed by atoms with Gasteiger partial charge in [-0.15, -0.1) is 0 Å². The molecule has 0 unspecified atom stereocenters. The Morgan fingerprint density at radius 2 is 1.86 bits per heavy atom. The molecule has 5 heteroatoms. The Balaban J connectivity index is 1.87. The summed E-state index contributed by atoms with van der Waals surface area (Å²) in [5.41, 5.74) is 1.18. The average Bonchev–Trinajstić information content (AvgIpc) is 2.82. The molecule has 21 heavy (non-hydrogen) atoms. The third kappa shape index (κ3) is 4.80. The van der Waals surface area contributed by atoms with Gasteiger partial charge in [-0.1, -0.05) is 13.8 Å². The lowest BCUT2D eigenvalue weighted by Gasteiger charge is -2.20. The van der Waals surface area contributed by atoms with E-state index in [1.807, 2.05) is 0 Å². The highest BCUT2D eigenvalue weighted by Gasteiger charge is 2.16. The normalized spacial score (nSPS) is 18.3. The number of aliphatic hydroxyl groups excluding tert-OH is 1. The zero-order chi connectivity index (χ0) is 15.1. The minimum Gasteiger partial charge on any atom is -0.395 e. The molecular formula is C16H30N4O. The molecule has 1 fully saturated rings. The van der Waals surface area contributed by atoms with Crippen LogP contribution < -0.4 is 0 Å². The SMILES string of the molecule is CCC(CC)n1ccc(CN2CCCN(CCO)CC2)n1. The van der Waals surface area contributed by atoms with Crippen molar-refractivity contribution in [3.05, 3.63) is 18.0 Å². The Labute approximate surface area is 128 Å². The number of rotatable bonds is 7. The van der Waals surface area contributed by atoms with Crippen LogP contribution in [-0.4, -0.2) is 64.0 Å². The smallest absolute Gasteiger partial charge is 0.0764 e. The van der Waals surface area contributed by atoms with Gasteiger partial charge in [0.1, 0.15) is 0 Å². The van der Waals surface area contributed by atoms with Crippen LogP contribution in [0.2, 0.25) is 0 Å². The van der Waals surface area contributed by atoms with Gasteiger partial charge in [-0.2, -0.15) is 5.10 Å². The molecule has 1 aromatic heterocycles. The van der Waals surface area contributed by atoms with Crippen LogP contribution in [0.5, 0.6) is 0 Å². The predicted octanol–water partition coefficient (Wildman–Crippen LogP) is 1.74. The topological polar surface area (TPSA) is 44.5 Å². The maximum Gasteiger partial charge on any atom is 0.0764 e. The van der Waals surface area contributed by atoms with Gasteiger partial charge < -0.3 is 5.11 Å². The molecule has 0 aromatic carbocycles. The molecule has 0 atom stereocenters. The van der Waals surface area contributed by atoms with Crippen LogP contribution in [0.25, 0.3) is 0 Å². The summed E-state index contributed by atoms with van der Waals surface area (Å²) in [5.74, 6) is 0. The molecule has 0 amide bonds. The maximum atomic E-state index is 9.04. The van der Waals surface area contributed by atoms with Crippen LogP contribution in [0, 0.1) is 0 Å². The molecular weight excluding hydrogens is 264 g/mol.